The van der Waals surface area contributed by atoms with E-state index in [2.05, 4.69) is 65.0 Å². The third kappa shape index (κ3) is 7.69. The molecule has 2 aliphatic heterocycles. The molecule has 0 aromatic heterocycles. The quantitative estimate of drug-likeness (QED) is 0.191. The first kappa shape index (κ1) is 25.5. The second kappa shape index (κ2) is 13.6. The average molecular weight is 432 g/mol. The Morgan fingerprint density at radius 1 is 1.29 bits per heavy atom. The van der Waals surface area contributed by atoms with E-state index >= 15 is 0 Å². The van der Waals surface area contributed by atoms with Crippen molar-refractivity contribution >= 4 is 5.84 Å². The van der Waals surface area contributed by atoms with Crippen molar-refractivity contribution in [1.29, 1.82) is 0 Å². The number of hydrogen-bond donors (Lipinski definition) is 3. The zero-order valence-electron chi connectivity index (χ0n) is 20.3. The van der Waals surface area contributed by atoms with E-state index in [0.29, 0.717) is 12.0 Å². The van der Waals surface area contributed by atoms with Crippen LogP contribution in [0.15, 0.2) is 41.7 Å². The normalized spacial score (nSPS) is 25.6. The molecule has 4 atom stereocenters. The molecule has 0 radical (unpaired) electrons. The smallest absolute Gasteiger partial charge is 0.119 e. The lowest BCUT2D eigenvalue weighted by atomic mass is 9.86. The molecular weight excluding hydrogens is 386 g/mol. The lowest BCUT2D eigenvalue weighted by Gasteiger charge is -2.40. The number of allylic oxidation sites excluding steroid dienone is 1. The van der Waals surface area contributed by atoms with Gasteiger partial charge < -0.3 is 25.6 Å². The van der Waals surface area contributed by atoms with Crippen molar-refractivity contribution in [2.24, 2.45) is 10.9 Å². The van der Waals surface area contributed by atoms with Crippen molar-refractivity contribution < 1.29 is 4.74 Å². The second-order valence-electron chi connectivity index (χ2n) is 8.74. The molecule has 0 bridgehead atoms. The van der Waals surface area contributed by atoms with Gasteiger partial charge in [-0.05, 0) is 58.4 Å². The van der Waals surface area contributed by atoms with E-state index in [1.54, 1.807) is 0 Å². The lowest BCUT2D eigenvalue weighted by Crippen LogP contribution is -2.50. The van der Waals surface area contributed by atoms with Crippen molar-refractivity contribution in [1.82, 2.24) is 20.9 Å². The molecule has 2 rings (SSSR count). The molecule has 2 heterocycles. The molecule has 0 aromatic carbocycles. The summed E-state index contributed by atoms with van der Waals surface area (Å²) in [6, 6.07) is 0.470. The fourth-order valence-corrected chi connectivity index (χ4v) is 4.65. The van der Waals surface area contributed by atoms with Gasteiger partial charge in [-0.15, -0.1) is 0 Å². The predicted molar refractivity (Wildman–Crippen MR) is 132 cm³/mol. The van der Waals surface area contributed by atoms with Gasteiger partial charge in [-0.25, -0.2) is 0 Å². The van der Waals surface area contributed by atoms with Gasteiger partial charge in [0.2, 0.25) is 0 Å². The first-order chi connectivity index (χ1) is 15.0. The Kier molecular flexibility index (Phi) is 11.2. The molecule has 4 unspecified atom stereocenters. The monoisotopic (exact) mass is 431 g/mol. The summed E-state index contributed by atoms with van der Waals surface area (Å²) in [6.45, 7) is 16.8. The molecule has 176 valence electrons. The van der Waals surface area contributed by atoms with E-state index in [-0.39, 0.29) is 12.1 Å². The van der Waals surface area contributed by atoms with Gasteiger partial charge in [-0.1, -0.05) is 32.2 Å². The Morgan fingerprint density at radius 2 is 2.10 bits per heavy atom. The maximum absolute atomic E-state index is 5.82. The van der Waals surface area contributed by atoms with Crippen LogP contribution in [0.2, 0.25) is 0 Å². The maximum Gasteiger partial charge on any atom is 0.119 e. The van der Waals surface area contributed by atoms with Gasteiger partial charge in [-0.3, -0.25) is 4.99 Å². The fourth-order valence-electron chi connectivity index (χ4n) is 4.65. The topological polar surface area (TPSA) is 60.9 Å². The number of hydrogen-bond acceptors (Lipinski definition) is 5. The molecule has 0 saturated carbocycles. The van der Waals surface area contributed by atoms with Crippen LogP contribution in [0.3, 0.4) is 0 Å². The fraction of sp³-hybridized carbons (Fsp3) is 0.720. The van der Waals surface area contributed by atoms with Crippen molar-refractivity contribution in [2.75, 3.05) is 40.3 Å². The molecule has 2 fully saturated rings. The van der Waals surface area contributed by atoms with E-state index in [9.17, 15) is 0 Å². The van der Waals surface area contributed by atoms with E-state index in [4.69, 9.17) is 4.74 Å². The summed E-state index contributed by atoms with van der Waals surface area (Å²) >= 11 is 0. The Hall–Kier alpha value is -1.79. The third-order valence-corrected chi connectivity index (χ3v) is 6.43. The molecule has 3 N–H and O–H groups in total. The molecule has 6 heteroatoms. The van der Waals surface area contributed by atoms with Crippen LogP contribution < -0.4 is 16.0 Å². The number of likely N-dealkylation sites (N-methyl/N-ethyl adjacent to an activating group) is 1. The Bertz CT molecular complexity index is 629. The van der Waals surface area contributed by atoms with Crippen molar-refractivity contribution in [3.05, 3.63) is 36.7 Å². The van der Waals surface area contributed by atoms with Crippen LogP contribution in [-0.4, -0.2) is 69.3 Å². The number of rotatable bonds is 12. The van der Waals surface area contributed by atoms with Gasteiger partial charge in [0.25, 0.3) is 0 Å². The van der Waals surface area contributed by atoms with Crippen LogP contribution in [0.4, 0.5) is 0 Å². The van der Waals surface area contributed by atoms with E-state index in [1.165, 1.54) is 5.70 Å². The predicted octanol–water partition coefficient (Wildman–Crippen LogP) is 3.45. The molecular formula is C25H45N5O. The Morgan fingerprint density at radius 3 is 2.77 bits per heavy atom. The summed E-state index contributed by atoms with van der Waals surface area (Å²) in [5.41, 5.74) is 2.25. The number of ether oxygens (including phenoxy) is 1. The molecule has 0 aliphatic carbocycles. The summed E-state index contributed by atoms with van der Waals surface area (Å²) in [7, 11) is 3.86. The summed E-state index contributed by atoms with van der Waals surface area (Å²) in [4.78, 5) is 7.11. The minimum Gasteiger partial charge on any atom is -0.380 e. The first-order valence-corrected chi connectivity index (χ1v) is 12.0. The van der Waals surface area contributed by atoms with Crippen molar-refractivity contribution in [2.45, 2.75) is 70.6 Å². The minimum atomic E-state index is 0.196. The van der Waals surface area contributed by atoms with Crippen LogP contribution in [0.5, 0.6) is 0 Å². The molecule has 6 nitrogen and oxygen atoms in total. The molecule has 31 heavy (non-hydrogen) atoms. The van der Waals surface area contributed by atoms with E-state index in [1.807, 2.05) is 14.1 Å². The molecule has 0 amide bonds. The van der Waals surface area contributed by atoms with Crippen LogP contribution in [-0.2, 0) is 4.74 Å². The van der Waals surface area contributed by atoms with Gasteiger partial charge in [0, 0.05) is 44.7 Å². The van der Waals surface area contributed by atoms with Gasteiger partial charge in [-0.2, -0.15) is 0 Å². The number of nitrogens with one attached hydrogen (secondary N) is 3. The van der Waals surface area contributed by atoms with Gasteiger partial charge in [0.15, 0.2) is 0 Å². The average Bonchev–Trinajstić information content (AvgIpc) is 3.26. The highest BCUT2D eigenvalue weighted by Crippen LogP contribution is 2.32. The van der Waals surface area contributed by atoms with Gasteiger partial charge in [0.1, 0.15) is 5.84 Å². The molecule has 0 spiro atoms. The summed E-state index contributed by atoms with van der Waals surface area (Å²) in [5.74, 6) is 1.59. The van der Waals surface area contributed by atoms with Gasteiger partial charge in [0.05, 0.1) is 18.2 Å². The largest absolute Gasteiger partial charge is 0.380 e. The van der Waals surface area contributed by atoms with Gasteiger partial charge >= 0.3 is 0 Å². The highest BCUT2D eigenvalue weighted by molar-refractivity contribution is 5.87. The SMILES string of the molecule is C=C(CC)NC(C(=C)N1CCCC1C(=NC)NCC/C=C\CNC)C1CCOC(C)C1. The number of likely N-dealkylation sites (tertiary alicyclic amines) is 1. The van der Waals surface area contributed by atoms with Crippen molar-refractivity contribution in [3.8, 4) is 0 Å². The summed E-state index contributed by atoms with van der Waals surface area (Å²) in [6.07, 6.45) is 11.0. The number of aliphatic imine (C=N–C) groups is 1. The van der Waals surface area contributed by atoms with Crippen LogP contribution in [0.25, 0.3) is 0 Å². The minimum absolute atomic E-state index is 0.196. The van der Waals surface area contributed by atoms with Crippen LogP contribution in [0, 0.1) is 5.92 Å². The first-order valence-electron chi connectivity index (χ1n) is 12.0. The third-order valence-electron chi connectivity index (χ3n) is 6.43. The van der Waals surface area contributed by atoms with E-state index in [0.717, 1.165) is 76.3 Å². The second-order valence-corrected chi connectivity index (χ2v) is 8.74. The highest BCUT2D eigenvalue weighted by atomic mass is 16.5. The molecule has 2 aliphatic rings. The lowest BCUT2D eigenvalue weighted by molar-refractivity contribution is -0.00456. The summed E-state index contributed by atoms with van der Waals surface area (Å²) < 4.78 is 5.82. The molecule has 0 aromatic rings. The standard InChI is InChI=1S/C25H45N5O/c1-7-19(2)29-24(22-13-17-31-20(3)18-22)21(4)30-16-11-12-23(30)25(27-6)28-15-10-8-9-14-26-5/h8-9,20,22-24,26,29H,2,4,7,10-18H2,1,3,5-6H3,(H,27,28)/b9-8-. The van der Waals surface area contributed by atoms with E-state index < -0.39 is 0 Å². The maximum atomic E-state index is 5.82. The van der Waals surface area contributed by atoms with Crippen LogP contribution >= 0.6 is 0 Å². The number of nitrogens with zero attached hydrogens (tertiary/aromatic N) is 2. The summed E-state index contributed by atoms with van der Waals surface area (Å²) in [5, 5.41) is 10.4. The zero-order valence-corrected chi connectivity index (χ0v) is 20.3. The Balaban J connectivity index is 2.06. The Labute approximate surface area is 190 Å². The highest BCUT2D eigenvalue weighted by Gasteiger charge is 2.36. The molecule has 2 saturated heterocycles. The zero-order chi connectivity index (χ0) is 22.6. The number of amidine groups is 1. The van der Waals surface area contributed by atoms with Crippen LogP contribution in [0.1, 0.15) is 52.4 Å². The van der Waals surface area contributed by atoms with Crippen molar-refractivity contribution in [3.63, 3.8) is 0 Å².